The highest BCUT2D eigenvalue weighted by atomic mass is 19.1. The van der Waals surface area contributed by atoms with E-state index in [0.29, 0.717) is 17.0 Å². The number of anilines is 1. The number of nitrogens with one attached hydrogen (secondary N) is 2. The van der Waals surface area contributed by atoms with Gasteiger partial charge in [0, 0.05) is 23.4 Å². The van der Waals surface area contributed by atoms with Crippen LogP contribution in [0.2, 0.25) is 0 Å². The Bertz CT molecular complexity index is 1130. The molecular weight excluding hydrogens is 419 g/mol. The molecule has 10 heteroatoms. The fourth-order valence-electron chi connectivity index (χ4n) is 2.49. The molecule has 3 aromatic rings. The second-order valence-corrected chi connectivity index (χ2v) is 6.42. The van der Waals surface area contributed by atoms with Crippen molar-refractivity contribution in [2.75, 3.05) is 11.9 Å². The average Bonchev–Trinajstić information content (AvgIpc) is 2.80. The highest BCUT2D eigenvalue weighted by Gasteiger charge is 2.08. The smallest absolute Gasteiger partial charge is 0.271 e. The Kier molecular flexibility index (Phi) is 7.20. The standard InChI is InChI=1S/C22H17FN4O5/c23-17-5-7-18(8-6-17)25-21(28)14-32-20-11-1-15(2-12-20)13-24-26-22(29)16-3-9-19(10-4-16)27(30)31/h1-13H,14H2,(H,25,28)(H,26,29)/b24-13-. The Morgan fingerprint density at radius 3 is 2.28 bits per heavy atom. The molecular formula is C22H17FN4O5. The van der Waals surface area contributed by atoms with Crippen LogP contribution in [0.3, 0.4) is 0 Å². The minimum Gasteiger partial charge on any atom is -0.484 e. The van der Waals surface area contributed by atoms with Crippen molar-refractivity contribution in [3.63, 3.8) is 0 Å². The minimum atomic E-state index is -0.550. The van der Waals surface area contributed by atoms with Crippen molar-refractivity contribution in [3.8, 4) is 5.75 Å². The van der Waals surface area contributed by atoms with Crippen molar-refractivity contribution in [3.05, 3.63) is 99.9 Å². The van der Waals surface area contributed by atoms with E-state index >= 15 is 0 Å². The Hall–Kier alpha value is -4.60. The van der Waals surface area contributed by atoms with Crippen LogP contribution in [0.25, 0.3) is 0 Å². The Morgan fingerprint density at radius 1 is 1.00 bits per heavy atom. The fraction of sp³-hybridized carbons (Fsp3) is 0.0455. The van der Waals surface area contributed by atoms with E-state index in [1.807, 2.05) is 0 Å². The third kappa shape index (κ3) is 6.46. The van der Waals surface area contributed by atoms with Crippen molar-refractivity contribution < 1.29 is 23.6 Å². The molecule has 3 rings (SSSR count). The highest BCUT2D eigenvalue weighted by Crippen LogP contribution is 2.13. The number of nitrogens with zero attached hydrogens (tertiary/aromatic N) is 2. The lowest BCUT2D eigenvalue weighted by Crippen LogP contribution is -2.20. The summed E-state index contributed by atoms with van der Waals surface area (Å²) in [5.41, 5.74) is 3.58. The zero-order valence-electron chi connectivity index (χ0n) is 16.5. The zero-order chi connectivity index (χ0) is 22.9. The number of carbonyl (C=O) groups is 2. The van der Waals surface area contributed by atoms with E-state index in [9.17, 15) is 24.1 Å². The van der Waals surface area contributed by atoms with Crippen LogP contribution in [0.15, 0.2) is 77.9 Å². The molecule has 0 bridgehead atoms. The predicted octanol–water partition coefficient (Wildman–Crippen LogP) is 3.52. The van der Waals surface area contributed by atoms with Crippen LogP contribution in [0, 0.1) is 15.9 Å². The molecule has 3 aromatic carbocycles. The van der Waals surface area contributed by atoms with Crippen LogP contribution in [0.4, 0.5) is 15.8 Å². The van der Waals surface area contributed by atoms with Gasteiger partial charge in [-0.1, -0.05) is 0 Å². The summed E-state index contributed by atoms with van der Waals surface area (Å²) >= 11 is 0. The number of hydrogen-bond acceptors (Lipinski definition) is 6. The third-order valence-electron chi connectivity index (χ3n) is 4.10. The van der Waals surface area contributed by atoms with Gasteiger partial charge in [-0.3, -0.25) is 19.7 Å². The molecule has 0 heterocycles. The highest BCUT2D eigenvalue weighted by molar-refractivity contribution is 5.95. The molecule has 0 saturated heterocycles. The summed E-state index contributed by atoms with van der Waals surface area (Å²) in [5.74, 6) is -0.848. The number of amides is 2. The normalized spacial score (nSPS) is 10.5. The molecule has 0 aromatic heterocycles. The molecule has 0 radical (unpaired) electrons. The number of benzene rings is 3. The van der Waals surface area contributed by atoms with E-state index in [2.05, 4.69) is 15.8 Å². The summed E-state index contributed by atoms with van der Waals surface area (Å²) in [7, 11) is 0. The lowest BCUT2D eigenvalue weighted by atomic mass is 10.2. The molecule has 32 heavy (non-hydrogen) atoms. The molecule has 162 valence electrons. The number of ether oxygens (including phenoxy) is 1. The number of halogens is 1. The first-order chi connectivity index (χ1) is 15.4. The maximum atomic E-state index is 12.9. The SMILES string of the molecule is O=C(COc1ccc(/C=N\NC(=O)c2ccc([N+](=O)[O-])cc2)cc1)Nc1ccc(F)cc1. The van der Waals surface area contributed by atoms with Crippen molar-refractivity contribution in [1.29, 1.82) is 0 Å². The quantitative estimate of drug-likeness (QED) is 0.318. The third-order valence-corrected chi connectivity index (χ3v) is 4.10. The van der Waals surface area contributed by atoms with Crippen LogP contribution >= 0.6 is 0 Å². The van der Waals surface area contributed by atoms with Gasteiger partial charge in [0.1, 0.15) is 11.6 Å². The maximum absolute atomic E-state index is 12.9. The van der Waals surface area contributed by atoms with E-state index in [-0.39, 0.29) is 17.9 Å². The fourth-order valence-corrected chi connectivity index (χ4v) is 2.49. The molecule has 0 atom stereocenters. The van der Waals surface area contributed by atoms with Crippen LogP contribution < -0.4 is 15.5 Å². The van der Waals surface area contributed by atoms with Crippen LogP contribution in [-0.4, -0.2) is 29.6 Å². The topological polar surface area (TPSA) is 123 Å². The number of rotatable bonds is 8. The van der Waals surface area contributed by atoms with Gasteiger partial charge in [0.25, 0.3) is 17.5 Å². The summed E-state index contributed by atoms with van der Waals surface area (Å²) in [6.45, 7) is -0.226. The maximum Gasteiger partial charge on any atom is 0.271 e. The van der Waals surface area contributed by atoms with Crippen LogP contribution in [0.1, 0.15) is 15.9 Å². The second-order valence-electron chi connectivity index (χ2n) is 6.42. The van der Waals surface area contributed by atoms with E-state index in [4.69, 9.17) is 4.74 Å². The lowest BCUT2D eigenvalue weighted by molar-refractivity contribution is -0.384. The number of nitro benzene ring substituents is 1. The first kappa shape index (κ1) is 22.1. The molecule has 2 N–H and O–H groups in total. The molecule has 0 unspecified atom stereocenters. The van der Waals surface area contributed by atoms with Gasteiger partial charge < -0.3 is 10.1 Å². The van der Waals surface area contributed by atoms with E-state index in [1.165, 1.54) is 54.7 Å². The van der Waals surface area contributed by atoms with E-state index < -0.39 is 22.6 Å². The Labute approximate surface area is 181 Å². The van der Waals surface area contributed by atoms with Gasteiger partial charge in [-0.25, -0.2) is 9.82 Å². The molecule has 0 spiro atoms. The molecule has 0 fully saturated rings. The average molecular weight is 436 g/mol. The lowest BCUT2D eigenvalue weighted by Gasteiger charge is -2.07. The summed E-state index contributed by atoms with van der Waals surface area (Å²) in [5, 5.41) is 17.1. The Morgan fingerprint density at radius 2 is 1.66 bits per heavy atom. The summed E-state index contributed by atoms with van der Waals surface area (Å²) in [4.78, 5) is 34.0. The van der Waals surface area contributed by atoms with Crippen molar-refractivity contribution in [2.24, 2.45) is 5.10 Å². The van der Waals surface area contributed by atoms with E-state index in [0.717, 1.165) is 0 Å². The van der Waals surface area contributed by atoms with Gasteiger partial charge in [-0.05, 0) is 66.2 Å². The number of hydrogen-bond donors (Lipinski definition) is 2. The zero-order valence-corrected chi connectivity index (χ0v) is 16.5. The number of hydrazone groups is 1. The van der Waals surface area contributed by atoms with Gasteiger partial charge in [0.05, 0.1) is 11.1 Å². The minimum absolute atomic E-state index is 0.111. The number of carbonyl (C=O) groups excluding carboxylic acids is 2. The molecule has 0 aliphatic heterocycles. The number of nitro groups is 1. The van der Waals surface area contributed by atoms with Crippen molar-refractivity contribution in [1.82, 2.24) is 5.43 Å². The van der Waals surface area contributed by atoms with Gasteiger partial charge in [-0.15, -0.1) is 0 Å². The predicted molar refractivity (Wildman–Crippen MR) is 115 cm³/mol. The van der Waals surface area contributed by atoms with Gasteiger partial charge in [-0.2, -0.15) is 5.10 Å². The second kappa shape index (κ2) is 10.4. The largest absolute Gasteiger partial charge is 0.484 e. The van der Waals surface area contributed by atoms with Crippen LogP contribution in [-0.2, 0) is 4.79 Å². The van der Waals surface area contributed by atoms with Gasteiger partial charge >= 0.3 is 0 Å². The first-order valence-electron chi connectivity index (χ1n) is 9.27. The monoisotopic (exact) mass is 436 g/mol. The molecule has 9 nitrogen and oxygen atoms in total. The molecule has 0 aliphatic carbocycles. The molecule has 0 aliphatic rings. The van der Waals surface area contributed by atoms with Crippen molar-refractivity contribution >= 4 is 29.4 Å². The number of non-ortho nitro benzene ring substituents is 1. The van der Waals surface area contributed by atoms with E-state index in [1.54, 1.807) is 24.3 Å². The first-order valence-corrected chi connectivity index (χ1v) is 9.27. The summed E-state index contributed by atoms with van der Waals surface area (Å²) in [6.07, 6.45) is 1.41. The van der Waals surface area contributed by atoms with Crippen LogP contribution in [0.5, 0.6) is 5.75 Å². The Balaban J connectivity index is 1.45. The summed E-state index contributed by atoms with van der Waals surface area (Å²) in [6, 6.07) is 17.1. The molecule has 2 amide bonds. The van der Waals surface area contributed by atoms with Gasteiger partial charge in [0.2, 0.25) is 0 Å². The molecule has 0 saturated carbocycles. The van der Waals surface area contributed by atoms with Gasteiger partial charge in [0.15, 0.2) is 6.61 Å². The van der Waals surface area contributed by atoms with Crippen molar-refractivity contribution in [2.45, 2.75) is 0 Å². The summed E-state index contributed by atoms with van der Waals surface area (Å²) < 4.78 is 18.3.